The lowest BCUT2D eigenvalue weighted by Gasteiger charge is -2.36. The predicted octanol–water partition coefficient (Wildman–Crippen LogP) is 0.947. The predicted molar refractivity (Wildman–Crippen MR) is 58.1 cm³/mol. The van der Waals surface area contributed by atoms with E-state index in [-0.39, 0.29) is 6.54 Å². The fraction of sp³-hybridized carbons (Fsp3) is 0.818. The second-order valence-corrected chi connectivity index (χ2v) is 5.23. The summed E-state index contributed by atoms with van der Waals surface area (Å²) >= 11 is 0. The van der Waals surface area contributed by atoms with Crippen LogP contribution in [0.5, 0.6) is 0 Å². The minimum absolute atomic E-state index is 0.0193. The first kappa shape index (κ1) is 13.0. The average molecular weight is 229 g/mol. The van der Waals surface area contributed by atoms with Crippen LogP contribution in [-0.4, -0.2) is 46.7 Å². The summed E-state index contributed by atoms with van der Waals surface area (Å²) in [7, 11) is 0. The molecule has 5 nitrogen and oxygen atoms in total. The standard InChI is InChI=1S/C11H19NO4/c1-10(2,3)16-9(14)12-6-4-5-11(15,7-12)8-13/h8,15H,4-7H2,1-3H3. The summed E-state index contributed by atoms with van der Waals surface area (Å²) < 4.78 is 5.17. The van der Waals surface area contributed by atoms with E-state index in [4.69, 9.17) is 4.74 Å². The number of ether oxygens (including phenoxy) is 1. The van der Waals surface area contributed by atoms with Gasteiger partial charge < -0.3 is 19.5 Å². The molecule has 0 aromatic heterocycles. The SMILES string of the molecule is CC(C)(C)OC(=O)N1CCCC(O)(C=O)C1. The van der Waals surface area contributed by atoms with E-state index in [1.54, 1.807) is 20.8 Å². The maximum Gasteiger partial charge on any atom is 0.410 e. The molecule has 1 fully saturated rings. The second kappa shape index (κ2) is 4.41. The van der Waals surface area contributed by atoms with Gasteiger partial charge >= 0.3 is 6.09 Å². The molecule has 1 saturated heterocycles. The van der Waals surface area contributed by atoms with Gasteiger partial charge in [-0.1, -0.05) is 0 Å². The molecule has 0 aromatic carbocycles. The van der Waals surface area contributed by atoms with Gasteiger partial charge in [-0.2, -0.15) is 0 Å². The average Bonchev–Trinajstić information content (AvgIpc) is 2.15. The lowest BCUT2D eigenvalue weighted by molar-refractivity contribution is -0.129. The lowest BCUT2D eigenvalue weighted by Crippen LogP contribution is -2.52. The van der Waals surface area contributed by atoms with E-state index in [0.717, 1.165) is 0 Å². The molecule has 0 spiro atoms. The summed E-state index contributed by atoms with van der Waals surface area (Å²) in [4.78, 5) is 23.8. The van der Waals surface area contributed by atoms with E-state index in [1.807, 2.05) is 0 Å². The molecular weight excluding hydrogens is 210 g/mol. The van der Waals surface area contributed by atoms with Crippen molar-refractivity contribution in [1.29, 1.82) is 0 Å². The Morgan fingerprint density at radius 1 is 1.50 bits per heavy atom. The molecule has 1 rings (SSSR count). The van der Waals surface area contributed by atoms with Crippen molar-refractivity contribution in [2.75, 3.05) is 13.1 Å². The Morgan fingerprint density at radius 2 is 2.12 bits per heavy atom. The summed E-state index contributed by atoms with van der Waals surface area (Å²) in [5, 5.41) is 9.78. The first-order chi connectivity index (χ1) is 7.26. The number of rotatable bonds is 1. The van der Waals surface area contributed by atoms with E-state index >= 15 is 0 Å². The normalized spacial score (nSPS) is 26.4. The van der Waals surface area contributed by atoms with Crippen molar-refractivity contribution in [2.24, 2.45) is 0 Å². The van der Waals surface area contributed by atoms with Gasteiger partial charge in [0.15, 0.2) is 6.29 Å². The van der Waals surface area contributed by atoms with Crippen LogP contribution >= 0.6 is 0 Å². The Hall–Kier alpha value is -1.10. The van der Waals surface area contributed by atoms with Crippen LogP contribution in [0, 0.1) is 0 Å². The third kappa shape index (κ3) is 3.48. The number of likely N-dealkylation sites (tertiary alicyclic amines) is 1. The molecule has 1 N–H and O–H groups in total. The van der Waals surface area contributed by atoms with Crippen molar-refractivity contribution in [3.8, 4) is 0 Å². The van der Waals surface area contributed by atoms with Crippen LogP contribution in [0.25, 0.3) is 0 Å². The van der Waals surface area contributed by atoms with Crippen LogP contribution in [0.3, 0.4) is 0 Å². The van der Waals surface area contributed by atoms with Crippen molar-refractivity contribution in [2.45, 2.75) is 44.8 Å². The van der Waals surface area contributed by atoms with E-state index < -0.39 is 17.3 Å². The van der Waals surface area contributed by atoms with Gasteiger partial charge in [0.2, 0.25) is 0 Å². The number of hydrogen-bond acceptors (Lipinski definition) is 4. The number of carbonyl (C=O) groups excluding carboxylic acids is 2. The molecule has 16 heavy (non-hydrogen) atoms. The highest BCUT2D eigenvalue weighted by Crippen LogP contribution is 2.21. The highest BCUT2D eigenvalue weighted by molar-refractivity contribution is 5.71. The Bertz CT molecular complexity index is 284. The summed E-state index contributed by atoms with van der Waals surface area (Å²) in [6, 6.07) is 0. The summed E-state index contributed by atoms with van der Waals surface area (Å²) in [5.41, 5.74) is -1.97. The molecule has 0 aromatic rings. The number of hydrogen-bond donors (Lipinski definition) is 1. The van der Waals surface area contributed by atoms with Crippen molar-refractivity contribution in [3.63, 3.8) is 0 Å². The van der Waals surface area contributed by atoms with E-state index in [1.165, 1.54) is 4.90 Å². The van der Waals surface area contributed by atoms with Gasteiger partial charge in [0.05, 0.1) is 6.54 Å². The number of amides is 1. The number of nitrogens with zero attached hydrogens (tertiary/aromatic N) is 1. The third-order valence-electron chi connectivity index (χ3n) is 2.37. The molecule has 1 amide bonds. The zero-order chi connectivity index (χ0) is 12.4. The summed E-state index contributed by atoms with van der Waals surface area (Å²) in [5.74, 6) is 0. The van der Waals surface area contributed by atoms with E-state index in [0.29, 0.717) is 25.7 Å². The highest BCUT2D eigenvalue weighted by atomic mass is 16.6. The second-order valence-electron chi connectivity index (χ2n) is 5.23. The van der Waals surface area contributed by atoms with Gasteiger partial charge in [-0.25, -0.2) is 4.79 Å². The van der Waals surface area contributed by atoms with Gasteiger partial charge in [-0.05, 0) is 33.6 Å². The zero-order valence-corrected chi connectivity index (χ0v) is 10.0. The van der Waals surface area contributed by atoms with Crippen LogP contribution in [0.15, 0.2) is 0 Å². The topological polar surface area (TPSA) is 66.8 Å². The van der Waals surface area contributed by atoms with E-state index in [2.05, 4.69) is 0 Å². The summed E-state index contributed by atoms with van der Waals surface area (Å²) in [6.45, 7) is 5.87. The van der Waals surface area contributed by atoms with Crippen molar-refractivity contribution in [1.82, 2.24) is 4.90 Å². The molecule has 0 radical (unpaired) electrons. The molecule has 0 bridgehead atoms. The molecule has 1 aliphatic heterocycles. The minimum Gasteiger partial charge on any atom is -0.444 e. The van der Waals surface area contributed by atoms with Crippen LogP contribution in [-0.2, 0) is 9.53 Å². The third-order valence-corrected chi connectivity index (χ3v) is 2.37. The van der Waals surface area contributed by atoms with Crippen LogP contribution in [0.1, 0.15) is 33.6 Å². The van der Waals surface area contributed by atoms with Gasteiger partial charge in [0, 0.05) is 6.54 Å². The molecule has 1 heterocycles. The molecule has 1 atom stereocenters. The fourth-order valence-corrected chi connectivity index (χ4v) is 1.64. The minimum atomic E-state index is -1.41. The first-order valence-corrected chi connectivity index (χ1v) is 5.42. The van der Waals surface area contributed by atoms with Gasteiger partial charge in [0.1, 0.15) is 11.2 Å². The first-order valence-electron chi connectivity index (χ1n) is 5.42. The molecule has 92 valence electrons. The number of aldehydes is 1. The Balaban J connectivity index is 2.61. The van der Waals surface area contributed by atoms with Crippen LogP contribution in [0.2, 0.25) is 0 Å². The summed E-state index contributed by atoms with van der Waals surface area (Å²) in [6.07, 6.45) is 1.03. The maximum absolute atomic E-state index is 11.7. The quantitative estimate of drug-likeness (QED) is 0.680. The van der Waals surface area contributed by atoms with Gasteiger partial charge in [-0.15, -0.1) is 0 Å². The molecule has 5 heteroatoms. The van der Waals surface area contributed by atoms with Gasteiger partial charge in [0.25, 0.3) is 0 Å². The number of β-amino-alcohol motifs (C(OH)–C–C–N with tert-alkyl or cyclic N) is 1. The Labute approximate surface area is 95.4 Å². The smallest absolute Gasteiger partial charge is 0.410 e. The molecule has 0 saturated carbocycles. The Morgan fingerprint density at radius 3 is 2.62 bits per heavy atom. The molecule has 1 unspecified atom stereocenters. The monoisotopic (exact) mass is 229 g/mol. The zero-order valence-electron chi connectivity index (χ0n) is 10.0. The van der Waals surface area contributed by atoms with Crippen LogP contribution in [0.4, 0.5) is 4.79 Å². The number of carbonyl (C=O) groups is 2. The molecular formula is C11H19NO4. The van der Waals surface area contributed by atoms with Gasteiger partial charge in [-0.3, -0.25) is 0 Å². The van der Waals surface area contributed by atoms with E-state index in [9.17, 15) is 14.7 Å². The largest absolute Gasteiger partial charge is 0.444 e. The number of piperidine rings is 1. The molecule has 0 aliphatic carbocycles. The Kier molecular flexibility index (Phi) is 3.57. The number of aliphatic hydroxyl groups is 1. The van der Waals surface area contributed by atoms with Crippen molar-refractivity contribution < 1.29 is 19.4 Å². The van der Waals surface area contributed by atoms with Crippen molar-refractivity contribution >= 4 is 12.4 Å². The maximum atomic E-state index is 11.7. The van der Waals surface area contributed by atoms with Crippen LogP contribution < -0.4 is 0 Å². The fourth-order valence-electron chi connectivity index (χ4n) is 1.64. The van der Waals surface area contributed by atoms with Crippen molar-refractivity contribution in [3.05, 3.63) is 0 Å². The highest BCUT2D eigenvalue weighted by Gasteiger charge is 2.36. The lowest BCUT2D eigenvalue weighted by atomic mass is 9.95. The molecule has 1 aliphatic rings.